The van der Waals surface area contributed by atoms with Gasteiger partial charge in [-0.05, 0) is 12.2 Å². The van der Waals surface area contributed by atoms with E-state index in [4.69, 9.17) is 0 Å². The van der Waals surface area contributed by atoms with E-state index in [9.17, 15) is 4.79 Å². The molecule has 84 valence electrons. The predicted molar refractivity (Wildman–Crippen MR) is 62.7 cm³/mol. The summed E-state index contributed by atoms with van der Waals surface area (Å²) in [5.74, 6) is 2.47. The lowest BCUT2D eigenvalue weighted by Gasteiger charge is -2.02. The second-order valence-electron chi connectivity index (χ2n) is 3.22. The minimum atomic E-state index is 0.0764. The molecule has 1 rings (SSSR count). The molecule has 0 spiro atoms. The molecule has 0 saturated heterocycles. The van der Waals surface area contributed by atoms with Gasteiger partial charge in [0.05, 0.1) is 12.3 Å². The Morgan fingerprint density at radius 3 is 3.20 bits per heavy atom. The van der Waals surface area contributed by atoms with Crippen LogP contribution in [0.5, 0.6) is 0 Å². The topological polar surface area (TPSA) is 57.8 Å². The molecule has 4 nitrogen and oxygen atoms in total. The van der Waals surface area contributed by atoms with E-state index in [0.29, 0.717) is 12.3 Å². The Morgan fingerprint density at radius 1 is 1.67 bits per heavy atom. The highest BCUT2D eigenvalue weighted by Crippen LogP contribution is 2.03. The summed E-state index contributed by atoms with van der Waals surface area (Å²) < 4.78 is 0. The Hall–Kier alpha value is -0.970. The van der Waals surface area contributed by atoms with Gasteiger partial charge in [-0.1, -0.05) is 13.3 Å². The molecule has 1 aromatic rings. The van der Waals surface area contributed by atoms with Crippen LogP contribution in [0.25, 0.3) is 0 Å². The molecule has 0 unspecified atom stereocenters. The molecule has 0 aliphatic heterocycles. The minimum absolute atomic E-state index is 0.0764. The van der Waals surface area contributed by atoms with E-state index in [1.807, 2.05) is 0 Å². The van der Waals surface area contributed by atoms with Gasteiger partial charge >= 0.3 is 0 Å². The van der Waals surface area contributed by atoms with E-state index in [1.54, 1.807) is 24.2 Å². The summed E-state index contributed by atoms with van der Waals surface area (Å²) in [7, 11) is 0. The van der Waals surface area contributed by atoms with Crippen molar-refractivity contribution in [3.8, 4) is 0 Å². The van der Waals surface area contributed by atoms with Crippen molar-refractivity contribution in [1.82, 2.24) is 15.3 Å². The lowest BCUT2D eigenvalue weighted by atomic mass is 10.4. The number of carbonyl (C=O) groups excluding carboxylic acids is 1. The Morgan fingerprint density at radius 2 is 2.53 bits per heavy atom. The molecule has 0 bridgehead atoms. The molecular weight excluding hydrogens is 210 g/mol. The van der Waals surface area contributed by atoms with E-state index in [0.717, 1.165) is 11.6 Å². The largest absolute Gasteiger partial charge is 0.348 e. The van der Waals surface area contributed by atoms with Gasteiger partial charge in [0, 0.05) is 12.4 Å². The zero-order valence-corrected chi connectivity index (χ0v) is 9.77. The van der Waals surface area contributed by atoms with Gasteiger partial charge in [0.1, 0.15) is 5.82 Å². The third-order valence-electron chi connectivity index (χ3n) is 1.88. The fourth-order valence-electron chi connectivity index (χ4n) is 1.04. The second kappa shape index (κ2) is 7.34. The quantitative estimate of drug-likeness (QED) is 0.695. The van der Waals surface area contributed by atoms with Gasteiger partial charge in [-0.2, -0.15) is 11.8 Å². The van der Waals surface area contributed by atoms with Crippen molar-refractivity contribution in [2.75, 3.05) is 11.5 Å². The van der Waals surface area contributed by atoms with Crippen LogP contribution in [0.2, 0.25) is 0 Å². The smallest absolute Gasteiger partial charge is 0.230 e. The second-order valence-corrected chi connectivity index (χ2v) is 4.32. The van der Waals surface area contributed by atoms with E-state index < -0.39 is 0 Å². The van der Waals surface area contributed by atoms with Crippen molar-refractivity contribution in [3.05, 3.63) is 18.2 Å². The van der Waals surface area contributed by atoms with Crippen molar-refractivity contribution in [3.63, 3.8) is 0 Å². The fraction of sp³-hybridized carbons (Fsp3) is 0.600. The first-order valence-electron chi connectivity index (χ1n) is 5.15. The maximum atomic E-state index is 11.3. The third-order valence-corrected chi connectivity index (χ3v) is 2.93. The average Bonchev–Trinajstić information content (AvgIpc) is 2.74. The van der Waals surface area contributed by atoms with Crippen LogP contribution < -0.4 is 5.32 Å². The highest BCUT2D eigenvalue weighted by atomic mass is 32.2. The SMILES string of the molecule is CCCCSCC(=O)NCc1ncc[nH]1. The molecule has 0 radical (unpaired) electrons. The van der Waals surface area contributed by atoms with Crippen LogP contribution in [0.4, 0.5) is 0 Å². The molecule has 0 fully saturated rings. The first-order chi connectivity index (χ1) is 7.33. The zero-order chi connectivity index (χ0) is 10.9. The Kier molecular flexibility index (Phi) is 5.92. The van der Waals surface area contributed by atoms with Crippen molar-refractivity contribution in [2.24, 2.45) is 0 Å². The van der Waals surface area contributed by atoms with Crippen molar-refractivity contribution in [2.45, 2.75) is 26.3 Å². The lowest BCUT2D eigenvalue weighted by molar-refractivity contribution is -0.118. The number of rotatable bonds is 7. The van der Waals surface area contributed by atoms with Gasteiger partial charge in [0.15, 0.2) is 0 Å². The molecule has 1 amide bonds. The van der Waals surface area contributed by atoms with Gasteiger partial charge in [-0.25, -0.2) is 4.98 Å². The van der Waals surface area contributed by atoms with Crippen LogP contribution >= 0.6 is 11.8 Å². The average molecular weight is 227 g/mol. The van der Waals surface area contributed by atoms with Crippen LogP contribution in [0.1, 0.15) is 25.6 Å². The molecule has 0 aromatic carbocycles. The number of aromatic nitrogens is 2. The summed E-state index contributed by atoms with van der Waals surface area (Å²) in [6.45, 7) is 2.64. The molecule has 5 heteroatoms. The van der Waals surface area contributed by atoms with Gasteiger partial charge < -0.3 is 10.3 Å². The Labute approximate surface area is 94.2 Å². The molecule has 15 heavy (non-hydrogen) atoms. The maximum Gasteiger partial charge on any atom is 0.230 e. The summed E-state index contributed by atoms with van der Waals surface area (Å²) in [6.07, 6.45) is 5.78. The Bertz CT molecular complexity index is 274. The number of nitrogens with one attached hydrogen (secondary N) is 2. The number of hydrogen-bond donors (Lipinski definition) is 2. The number of aromatic amines is 1. The molecule has 0 aliphatic rings. The summed E-state index contributed by atoms with van der Waals surface area (Å²) in [4.78, 5) is 18.3. The van der Waals surface area contributed by atoms with Crippen LogP contribution in [0.15, 0.2) is 12.4 Å². The van der Waals surface area contributed by atoms with E-state index in [1.165, 1.54) is 12.8 Å². The van der Waals surface area contributed by atoms with Gasteiger partial charge in [-0.15, -0.1) is 0 Å². The predicted octanol–water partition coefficient (Wildman–Crippen LogP) is 1.56. The number of H-pyrrole nitrogens is 1. The monoisotopic (exact) mass is 227 g/mol. The normalized spacial score (nSPS) is 10.2. The highest BCUT2D eigenvalue weighted by Gasteiger charge is 2.01. The van der Waals surface area contributed by atoms with Crippen LogP contribution in [-0.2, 0) is 11.3 Å². The number of imidazole rings is 1. The number of unbranched alkanes of at least 4 members (excludes halogenated alkanes) is 1. The van der Waals surface area contributed by atoms with Crippen molar-refractivity contribution in [1.29, 1.82) is 0 Å². The number of amides is 1. The fourth-order valence-corrected chi connectivity index (χ4v) is 1.96. The number of carbonyl (C=O) groups is 1. The molecular formula is C10H17N3OS. The maximum absolute atomic E-state index is 11.3. The first kappa shape index (κ1) is 12.1. The van der Waals surface area contributed by atoms with E-state index in [-0.39, 0.29) is 5.91 Å². The van der Waals surface area contributed by atoms with E-state index in [2.05, 4.69) is 22.2 Å². The highest BCUT2D eigenvalue weighted by molar-refractivity contribution is 7.99. The minimum Gasteiger partial charge on any atom is -0.348 e. The summed E-state index contributed by atoms with van der Waals surface area (Å²) in [5, 5.41) is 2.81. The molecule has 0 aliphatic carbocycles. The molecule has 0 saturated carbocycles. The first-order valence-corrected chi connectivity index (χ1v) is 6.31. The summed E-state index contributed by atoms with van der Waals surface area (Å²) >= 11 is 1.68. The van der Waals surface area contributed by atoms with Crippen molar-refractivity contribution >= 4 is 17.7 Å². The molecule has 1 heterocycles. The summed E-state index contributed by atoms with van der Waals surface area (Å²) in [6, 6.07) is 0. The van der Waals surface area contributed by atoms with Gasteiger partial charge in [0.2, 0.25) is 5.91 Å². The number of hydrogen-bond acceptors (Lipinski definition) is 3. The summed E-state index contributed by atoms with van der Waals surface area (Å²) in [5.41, 5.74) is 0. The molecule has 2 N–H and O–H groups in total. The van der Waals surface area contributed by atoms with Crippen LogP contribution in [-0.4, -0.2) is 27.4 Å². The van der Waals surface area contributed by atoms with Crippen molar-refractivity contribution < 1.29 is 4.79 Å². The number of thioether (sulfide) groups is 1. The Balaban J connectivity index is 2.04. The standard InChI is InChI=1S/C10H17N3OS/c1-2-3-6-15-8-10(14)13-7-9-11-4-5-12-9/h4-5H,2-3,6-8H2,1H3,(H,11,12)(H,13,14). The van der Waals surface area contributed by atoms with Crippen LogP contribution in [0, 0.1) is 0 Å². The third kappa shape index (κ3) is 5.47. The van der Waals surface area contributed by atoms with Gasteiger partial charge in [0.25, 0.3) is 0 Å². The van der Waals surface area contributed by atoms with Gasteiger partial charge in [-0.3, -0.25) is 4.79 Å². The van der Waals surface area contributed by atoms with Crippen LogP contribution in [0.3, 0.4) is 0 Å². The van der Waals surface area contributed by atoms with E-state index >= 15 is 0 Å². The zero-order valence-electron chi connectivity index (χ0n) is 8.95. The number of nitrogens with zero attached hydrogens (tertiary/aromatic N) is 1. The molecule has 0 atom stereocenters. The molecule has 1 aromatic heterocycles. The lowest BCUT2D eigenvalue weighted by Crippen LogP contribution is -2.25.